The van der Waals surface area contributed by atoms with Crippen molar-refractivity contribution in [3.05, 3.63) is 35.9 Å². The van der Waals surface area contributed by atoms with Crippen LogP contribution in [0.4, 0.5) is 0 Å². The van der Waals surface area contributed by atoms with E-state index in [9.17, 15) is 29.4 Å². The zero-order valence-electron chi connectivity index (χ0n) is 20.0. The Morgan fingerprint density at radius 2 is 1.61 bits per heavy atom. The average Bonchev–Trinajstić information content (AvgIpc) is 2.83. The van der Waals surface area contributed by atoms with Crippen molar-refractivity contribution in [1.82, 2.24) is 16.0 Å². The molecule has 1 aromatic carbocycles. The molecule has 0 aliphatic rings. The molecule has 13 nitrogen and oxygen atoms in total. The predicted octanol–water partition coefficient (Wildman–Crippen LogP) is -2.54. The summed E-state index contributed by atoms with van der Waals surface area (Å²) < 4.78 is 0. The van der Waals surface area contributed by atoms with Gasteiger partial charge < -0.3 is 43.4 Å². The van der Waals surface area contributed by atoms with Gasteiger partial charge in [-0.05, 0) is 25.3 Å². The number of carboxylic acids is 1. The summed E-state index contributed by atoms with van der Waals surface area (Å²) in [7, 11) is 0. The van der Waals surface area contributed by atoms with E-state index in [4.69, 9.17) is 17.2 Å². The van der Waals surface area contributed by atoms with E-state index in [-0.39, 0.29) is 31.1 Å². The van der Waals surface area contributed by atoms with Crippen molar-refractivity contribution in [1.29, 1.82) is 0 Å². The Hall–Kier alpha value is -3.36. The molecular weight excluding hydrogens is 490 g/mol. The van der Waals surface area contributed by atoms with Crippen molar-refractivity contribution in [2.75, 3.05) is 12.3 Å². The summed E-state index contributed by atoms with van der Waals surface area (Å²) in [5.41, 5.74) is 16.9. The fourth-order valence-corrected chi connectivity index (χ4v) is 3.27. The van der Waals surface area contributed by atoms with Gasteiger partial charge in [0, 0.05) is 18.7 Å². The molecule has 0 spiro atoms. The van der Waals surface area contributed by atoms with E-state index in [1.165, 1.54) is 6.92 Å². The van der Waals surface area contributed by atoms with Gasteiger partial charge in [0.2, 0.25) is 17.7 Å². The zero-order chi connectivity index (χ0) is 27.3. The second-order valence-corrected chi connectivity index (χ2v) is 8.48. The summed E-state index contributed by atoms with van der Waals surface area (Å²) in [4.78, 5) is 53.6. The topological polar surface area (TPSA) is 235 Å². The number of aliphatic hydroxyl groups excluding tert-OH is 1. The third-order valence-electron chi connectivity index (χ3n) is 5.07. The molecule has 0 bridgehead atoms. The molecule has 0 aromatic heterocycles. The second kappa shape index (κ2) is 15.6. The minimum atomic E-state index is -1.49. The minimum absolute atomic E-state index is 0.00647. The van der Waals surface area contributed by atoms with E-state index < -0.39 is 54.0 Å². The fraction of sp³-hybridized carbons (Fsp3) is 0.500. The highest BCUT2D eigenvalue weighted by Crippen LogP contribution is 2.06. The van der Waals surface area contributed by atoms with Crippen molar-refractivity contribution in [3.8, 4) is 0 Å². The summed E-state index contributed by atoms with van der Waals surface area (Å²) in [6.45, 7) is 1.45. The monoisotopic (exact) mass is 525 g/mol. The van der Waals surface area contributed by atoms with E-state index >= 15 is 0 Å². The lowest BCUT2D eigenvalue weighted by atomic mass is 10.0. The Bertz CT molecular complexity index is 911. The minimum Gasteiger partial charge on any atom is -0.480 e. The normalized spacial score (nSPS) is 14.9. The number of carbonyl (C=O) groups is 4. The third-order valence-corrected chi connectivity index (χ3v) is 5.47. The van der Waals surface area contributed by atoms with E-state index in [0.717, 1.165) is 0 Å². The Kier molecular flexibility index (Phi) is 13.3. The summed E-state index contributed by atoms with van der Waals surface area (Å²) in [5, 5.41) is 26.9. The first-order chi connectivity index (χ1) is 17.0. The lowest BCUT2D eigenvalue weighted by molar-refractivity contribution is -0.143. The number of amides is 3. The highest BCUT2D eigenvalue weighted by Gasteiger charge is 2.32. The van der Waals surface area contributed by atoms with E-state index in [1.54, 1.807) is 30.3 Å². The Morgan fingerprint density at radius 1 is 1.00 bits per heavy atom. The first-order valence-corrected chi connectivity index (χ1v) is 11.9. The van der Waals surface area contributed by atoms with Crippen LogP contribution < -0.4 is 33.2 Å². The number of thiol groups is 1. The van der Waals surface area contributed by atoms with Gasteiger partial charge >= 0.3 is 5.97 Å². The molecule has 1 rings (SSSR count). The van der Waals surface area contributed by atoms with Crippen LogP contribution in [0.5, 0.6) is 0 Å². The quantitative estimate of drug-likeness (QED) is 0.0507. The molecule has 11 N–H and O–H groups in total. The van der Waals surface area contributed by atoms with Gasteiger partial charge in [0.1, 0.15) is 18.1 Å². The molecule has 200 valence electrons. The summed E-state index contributed by atoms with van der Waals surface area (Å²) in [5.74, 6) is -3.71. The van der Waals surface area contributed by atoms with Crippen LogP contribution in [0.1, 0.15) is 25.3 Å². The van der Waals surface area contributed by atoms with Crippen molar-refractivity contribution in [2.24, 2.45) is 22.2 Å². The number of hydrogen-bond acceptors (Lipinski definition) is 8. The fourth-order valence-electron chi connectivity index (χ4n) is 3.10. The molecule has 0 radical (unpaired) electrons. The molecule has 1 aromatic rings. The van der Waals surface area contributed by atoms with Crippen LogP contribution in [0.2, 0.25) is 0 Å². The smallest absolute Gasteiger partial charge is 0.326 e. The first-order valence-electron chi connectivity index (χ1n) is 11.2. The number of carboxylic acid groups (broad SMARTS) is 1. The molecule has 0 aliphatic heterocycles. The molecule has 14 heteroatoms. The van der Waals surface area contributed by atoms with Crippen molar-refractivity contribution >= 4 is 42.3 Å². The van der Waals surface area contributed by atoms with Crippen molar-refractivity contribution < 1.29 is 29.4 Å². The average molecular weight is 526 g/mol. The van der Waals surface area contributed by atoms with Gasteiger partial charge in [0.05, 0.1) is 12.1 Å². The molecule has 5 atom stereocenters. The molecule has 0 fully saturated rings. The number of rotatable bonds is 15. The molecule has 0 heterocycles. The number of hydrogen-bond donors (Lipinski definition) is 9. The van der Waals surface area contributed by atoms with Crippen LogP contribution in [0.25, 0.3) is 0 Å². The standard InChI is InChI=1S/C22H35N7O6S/c1-12(30)17(20(33)28-16(21(34)35)10-13-6-3-2-4-7-13)29-19(32)15(8-5-9-26-22(24)25)27-18(31)14(23)11-36/h2-4,6-7,12,14-17,30,36H,5,8-11,23H2,1H3,(H,27,31)(H,28,33)(H,29,32)(H,34,35)(H4,24,25,26). The summed E-state index contributed by atoms with van der Waals surface area (Å²) in [6, 6.07) is 3.74. The summed E-state index contributed by atoms with van der Waals surface area (Å²) in [6.07, 6.45) is -0.991. The van der Waals surface area contributed by atoms with Crippen LogP contribution in [-0.4, -0.2) is 82.4 Å². The SMILES string of the molecule is CC(O)C(NC(=O)C(CCCN=C(N)N)NC(=O)C(N)CS)C(=O)NC(Cc1ccccc1)C(=O)O. The zero-order valence-corrected chi connectivity index (χ0v) is 20.9. The lowest BCUT2D eigenvalue weighted by Gasteiger charge is -2.26. The molecule has 3 amide bonds. The van der Waals surface area contributed by atoms with Crippen LogP contribution in [-0.2, 0) is 25.6 Å². The number of aliphatic imine (C=N–C) groups is 1. The van der Waals surface area contributed by atoms with Gasteiger partial charge in [0.15, 0.2) is 5.96 Å². The van der Waals surface area contributed by atoms with Gasteiger partial charge in [-0.25, -0.2) is 4.79 Å². The molecule has 0 aliphatic carbocycles. The van der Waals surface area contributed by atoms with E-state index in [2.05, 4.69) is 33.6 Å². The number of nitrogens with one attached hydrogen (secondary N) is 3. The molecule has 5 unspecified atom stereocenters. The second-order valence-electron chi connectivity index (χ2n) is 8.12. The van der Waals surface area contributed by atoms with Crippen LogP contribution in [0, 0.1) is 0 Å². The van der Waals surface area contributed by atoms with Crippen LogP contribution in [0.15, 0.2) is 35.3 Å². The lowest BCUT2D eigenvalue weighted by Crippen LogP contribution is -2.60. The highest BCUT2D eigenvalue weighted by atomic mass is 32.1. The number of aliphatic hydroxyl groups is 1. The van der Waals surface area contributed by atoms with Crippen LogP contribution in [0.3, 0.4) is 0 Å². The first kappa shape index (κ1) is 30.7. The maximum Gasteiger partial charge on any atom is 0.326 e. The number of guanidine groups is 1. The molecule has 0 saturated heterocycles. The Morgan fingerprint density at radius 3 is 2.14 bits per heavy atom. The number of benzene rings is 1. The predicted molar refractivity (Wildman–Crippen MR) is 137 cm³/mol. The highest BCUT2D eigenvalue weighted by molar-refractivity contribution is 7.80. The Balaban J connectivity index is 2.96. The van der Waals surface area contributed by atoms with Gasteiger partial charge in [0.25, 0.3) is 0 Å². The maximum atomic E-state index is 13.0. The largest absolute Gasteiger partial charge is 0.480 e. The van der Waals surface area contributed by atoms with Crippen molar-refractivity contribution in [3.63, 3.8) is 0 Å². The number of carbonyl (C=O) groups excluding carboxylic acids is 3. The van der Waals surface area contributed by atoms with E-state index in [0.29, 0.717) is 12.0 Å². The van der Waals surface area contributed by atoms with Gasteiger partial charge in [-0.3, -0.25) is 19.4 Å². The van der Waals surface area contributed by atoms with Gasteiger partial charge in [-0.1, -0.05) is 30.3 Å². The number of nitrogens with zero attached hydrogens (tertiary/aromatic N) is 1. The van der Waals surface area contributed by atoms with E-state index in [1.807, 2.05) is 0 Å². The molecule has 36 heavy (non-hydrogen) atoms. The van der Waals surface area contributed by atoms with Crippen molar-refractivity contribution in [2.45, 2.75) is 56.5 Å². The Labute approximate surface area is 214 Å². The van der Waals surface area contributed by atoms with Crippen LogP contribution >= 0.6 is 12.6 Å². The number of nitrogens with two attached hydrogens (primary N) is 3. The summed E-state index contributed by atoms with van der Waals surface area (Å²) >= 11 is 3.96. The molecular formula is C22H35N7O6S. The van der Waals surface area contributed by atoms with Gasteiger partial charge in [-0.15, -0.1) is 0 Å². The number of aliphatic carboxylic acids is 1. The maximum absolute atomic E-state index is 13.0. The van der Waals surface area contributed by atoms with Gasteiger partial charge in [-0.2, -0.15) is 12.6 Å². The molecule has 0 saturated carbocycles. The third kappa shape index (κ3) is 10.9.